The number of ether oxygens (including phenoxy) is 1. The quantitative estimate of drug-likeness (QED) is 0.857. The largest absolute Gasteiger partial charge is 0.381 e. The summed E-state index contributed by atoms with van der Waals surface area (Å²) in [5.41, 5.74) is 5.60. The van der Waals surface area contributed by atoms with E-state index in [1.165, 1.54) is 12.1 Å². The van der Waals surface area contributed by atoms with Crippen LogP contribution >= 0.6 is 0 Å². The molecular formula is C13H17FN2O2. The van der Waals surface area contributed by atoms with Crippen LogP contribution in [0.1, 0.15) is 12.8 Å². The van der Waals surface area contributed by atoms with Gasteiger partial charge in [-0.05, 0) is 31.0 Å². The van der Waals surface area contributed by atoms with E-state index in [-0.39, 0.29) is 18.3 Å². The fraction of sp³-hybridized carbons (Fsp3) is 0.462. The molecule has 2 rings (SSSR count). The van der Waals surface area contributed by atoms with Crippen LogP contribution in [-0.4, -0.2) is 25.7 Å². The number of benzene rings is 1. The van der Waals surface area contributed by atoms with E-state index in [9.17, 15) is 9.18 Å². The fourth-order valence-corrected chi connectivity index (χ4v) is 2.12. The minimum absolute atomic E-state index is 0.154. The molecule has 3 N–H and O–H groups in total. The van der Waals surface area contributed by atoms with Crippen molar-refractivity contribution in [2.45, 2.75) is 12.8 Å². The maximum atomic E-state index is 13.0. The molecule has 1 saturated heterocycles. The van der Waals surface area contributed by atoms with E-state index in [2.05, 4.69) is 5.32 Å². The van der Waals surface area contributed by atoms with Crippen LogP contribution in [0.3, 0.4) is 0 Å². The predicted octanol–water partition coefficient (Wildman–Crippen LogP) is 1.52. The molecular weight excluding hydrogens is 235 g/mol. The molecule has 1 aliphatic rings. The van der Waals surface area contributed by atoms with Gasteiger partial charge in [0.25, 0.3) is 0 Å². The molecule has 98 valence electrons. The lowest BCUT2D eigenvalue weighted by molar-refractivity contribution is -0.130. The van der Waals surface area contributed by atoms with E-state index in [1.54, 1.807) is 12.1 Å². The van der Waals surface area contributed by atoms with Gasteiger partial charge in [0.05, 0.1) is 5.41 Å². The second kappa shape index (κ2) is 5.46. The first-order valence-electron chi connectivity index (χ1n) is 6.01. The van der Waals surface area contributed by atoms with Crippen molar-refractivity contribution in [3.8, 4) is 0 Å². The lowest BCUT2D eigenvalue weighted by Crippen LogP contribution is -2.46. The summed E-state index contributed by atoms with van der Waals surface area (Å²) in [5.74, 6) is -0.527. The zero-order valence-electron chi connectivity index (χ0n) is 10.1. The number of rotatable bonds is 3. The Morgan fingerprint density at radius 2 is 2.17 bits per heavy atom. The van der Waals surface area contributed by atoms with Gasteiger partial charge in [-0.15, -0.1) is 0 Å². The highest BCUT2D eigenvalue weighted by Gasteiger charge is 2.38. The summed E-state index contributed by atoms with van der Waals surface area (Å²) in [6.07, 6.45) is 1.20. The van der Waals surface area contributed by atoms with Crippen LogP contribution in [0, 0.1) is 11.2 Å². The molecule has 0 unspecified atom stereocenters. The normalized spacial score (nSPS) is 18.3. The van der Waals surface area contributed by atoms with Gasteiger partial charge in [-0.3, -0.25) is 4.79 Å². The van der Waals surface area contributed by atoms with E-state index in [0.29, 0.717) is 31.7 Å². The van der Waals surface area contributed by atoms with Crippen molar-refractivity contribution < 1.29 is 13.9 Å². The van der Waals surface area contributed by atoms with Crippen LogP contribution in [0.5, 0.6) is 0 Å². The Morgan fingerprint density at radius 1 is 1.44 bits per heavy atom. The average Bonchev–Trinajstić information content (AvgIpc) is 2.39. The van der Waals surface area contributed by atoms with Gasteiger partial charge in [0, 0.05) is 25.4 Å². The highest BCUT2D eigenvalue weighted by Crippen LogP contribution is 2.30. The maximum absolute atomic E-state index is 13.0. The third-order valence-corrected chi connectivity index (χ3v) is 3.40. The van der Waals surface area contributed by atoms with Crippen molar-refractivity contribution in [3.63, 3.8) is 0 Å². The van der Waals surface area contributed by atoms with Gasteiger partial charge in [0.2, 0.25) is 5.91 Å². The van der Waals surface area contributed by atoms with E-state index >= 15 is 0 Å². The van der Waals surface area contributed by atoms with Gasteiger partial charge in [-0.1, -0.05) is 6.07 Å². The monoisotopic (exact) mass is 252 g/mol. The van der Waals surface area contributed by atoms with Crippen LogP contribution in [0.2, 0.25) is 0 Å². The van der Waals surface area contributed by atoms with Crippen molar-refractivity contribution >= 4 is 11.6 Å². The topological polar surface area (TPSA) is 64.4 Å². The molecule has 0 aromatic heterocycles. The summed E-state index contributed by atoms with van der Waals surface area (Å²) in [7, 11) is 0. The Hall–Kier alpha value is -1.46. The summed E-state index contributed by atoms with van der Waals surface area (Å²) in [6.45, 7) is 1.35. The molecule has 0 radical (unpaired) electrons. The van der Waals surface area contributed by atoms with Crippen molar-refractivity contribution in [2.24, 2.45) is 11.1 Å². The molecule has 5 heteroatoms. The first kappa shape index (κ1) is 13.0. The third kappa shape index (κ3) is 2.68. The standard InChI is InChI=1S/C13H17FN2O2/c14-10-2-1-3-11(8-10)16-12(17)13(9-15)4-6-18-7-5-13/h1-3,8H,4-7,9,15H2,(H,16,17). The summed E-state index contributed by atoms with van der Waals surface area (Å²) < 4.78 is 18.3. The zero-order chi connectivity index (χ0) is 13.0. The molecule has 0 atom stereocenters. The molecule has 0 aliphatic carbocycles. The van der Waals surface area contributed by atoms with Gasteiger partial charge in [0.1, 0.15) is 5.82 Å². The van der Waals surface area contributed by atoms with Gasteiger partial charge in [-0.25, -0.2) is 4.39 Å². The SMILES string of the molecule is NCC1(C(=O)Nc2cccc(F)c2)CCOCC1. The van der Waals surface area contributed by atoms with E-state index in [4.69, 9.17) is 10.5 Å². The zero-order valence-corrected chi connectivity index (χ0v) is 10.1. The molecule has 1 aromatic carbocycles. The van der Waals surface area contributed by atoms with Crippen LogP contribution in [0.15, 0.2) is 24.3 Å². The maximum Gasteiger partial charge on any atom is 0.232 e. The smallest absolute Gasteiger partial charge is 0.232 e. The third-order valence-electron chi connectivity index (χ3n) is 3.40. The summed E-state index contributed by atoms with van der Waals surface area (Å²) in [5, 5.41) is 2.73. The van der Waals surface area contributed by atoms with E-state index < -0.39 is 5.41 Å². The highest BCUT2D eigenvalue weighted by molar-refractivity contribution is 5.95. The highest BCUT2D eigenvalue weighted by atomic mass is 19.1. The number of nitrogens with two attached hydrogens (primary N) is 1. The van der Waals surface area contributed by atoms with Crippen LogP contribution in [0.25, 0.3) is 0 Å². The number of carbonyl (C=O) groups is 1. The predicted molar refractivity (Wildman–Crippen MR) is 66.6 cm³/mol. The van der Waals surface area contributed by atoms with Crippen molar-refractivity contribution in [1.29, 1.82) is 0 Å². The molecule has 1 amide bonds. The van der Waals surface area contributed by atoms with Crippen LogP contribution < -0.4 is 11.1 Å². The molecule has 18 heavy (non-hydrogen) atoms. The number of halogens is 1. The van der Waals surface area contributed by atoms with Crippen LogP contribution in [0.4, 0.5) is 10.1 Å². The average molecular weight is 252 g/mol. The van der Waals surface area contributed by atoms with Gasteiger partial charge < -0.3 is 15.8 Å². The first-order valence-corrected chi connectivity index (χ1v) is 6.01. The minimum Gasteiger partial charge on any atom is -0.381 e. The second-order valence-corrected chi connectivity index (χ2v) is 4.56. The molecule has 0 spiro atoms. The van der Waals surface area contributed by atoms with Crippen molar-refractivity contribution in [2.75, 3.05) is 25.1 Å². The first-order chi connectivity index (χ1) is 8.66. The Labute approximate surface area is 105 Å². The number of amides is 1. The van der Waals surface area contributed by atoms with Crippen molar-refractivity contribution in [3.05, 3.63) is 30.1 Å². The van der Waals surface area contributed by atoms with Gasteiger partial charge >= 0.3 is 0 Å². The van der Waals surface area contributed by atoms with Crippen molar-refractivity contribution in [1.82, 2.24) is 0 Å². The van der Waals surface area contributed by atoms with E-state index in [0.717, 1.165) is 0 Å². The second-order valence-electron chi connectivity index (χ2n) is 4.56. The molecule has 1 fully saturated rings. The Morgan fingerprint density at radius 3 is 2.78 bits per heavy atom. The molecule has 1 aromatic rings. The molecule has 4 nitrogen and oxygen atoms in total. The number of anilines is 1. The summed E-state index contributed by atoms with van der Waals surface area (Å²) in [6, 6.07) is 5.85. The fourth-order valence-electron chi connectivity index (χ4n) is 2.12. The molecule has 1 heterocycles. The Bertz CT molecular complexity index is 431. The Kier molecular flexibility index (Phi) is 3.93. The molecule has 0 bridgehead atoms. The van der Waals surface area contributed by atoms with Gasteiger partial charge in [-0.2, -0.15) is 0 Å². The Balaban J connectivity index is 2.10. The minimum atomic E-state index is -0.593. The number of carbonyl (C=O) groups excluding carboxylic acids is 1. The number of hydrogen-bond donors (Lipinski definition) is 2. The number of nitrogens with one attached hydrogen (secondary N) is 1. The van der Waals surface area contributed by atoms with E-state index in [1.807, 2.05) is 0 Å². The van der Waals surface area contributed by atoms with Gasteiger partial charge in [0.15, 0.2) is 0 Å². The summed E-state index contributed by atoms with van der Waals surface area (Å²) in [4.78, 5) is 12.3. The molecule has 1 aliphatic heterocycles. The lowest BCUT2D eigenvalue weighted by Gasteiger charge is -2.34. The number of hydrogen-bond acceptors (Lipinski definition) is 3. The summed E-state index contributed by atoms with van der Waals surface area (Å²) >= 11 is 0. The molecule has 0 saturated carbocycles. The lowest BCUT2D eigenvalue weighted by atomic mass is 9.79. The van der Waals surface area contributed by atoms with Crippen LogP contribution in [-0.2, 0) is 9.53 Å².